The second-order valence-electron chi connectivity index (χ2n) is 4.80. The molecule has 4 nitrogen and oxygen atoms in total. The van der Waals surface area contributed by atoms with Crippen molar-refractivity contribution >= 4 is 46.4 Å². The van der Waals surface area contributed by atoms with Crippen molar-refractivity contribution in [3.05, 3.63) is 57.6 Å². The summed E-state index contributed by atoms with van der Waals surface area (Å²) in [6.45, 7) is 3.89. The molecular weight excluding hydrogens is 323 g/mol. The average molecular weight is 337 g/mol. The third-order valence-corrected chi connectivity index (χ3v) is 3.80. The fraction of sp³-hybridized carbons (Fsp3) is 0.125. The zero-order valence-electron chi connectivity index (χ0n) is 12.0. The van der Waals surface area contributed by atoms with E-state index in [0.717, 1.165) is 11.1 Å². The van der Waals surface area contributed by atoms with Crippen LogP contribution in [0, 0.1) is 13.8 Å². The molecule has 2 aromatic rings. The Morgan fingerprint density at radius 3 is 2.05 bits per heavy atom. The lowest BCUT2D eigenvalue weighted by atomic mass is 10.1. The second kappa shape index (κ2) is 6.81. The number of nitrogens with one attached hydrogen (secondary N) is 2. The highest BCUT2D eigenvalue weighted by Crippen LogP contribution is 2.29. The Hall–Kier alpha value is -2.04. The first-order valence-corrected chi connectivity index (χ1v) is 7.27. The second-order valence-corrected chi connectivity index (χ2v) is 5.62. The average Bonchev–Trinajstić information content (AvgIpc) is 2.46. The molecular formula is C16H14Cl2N2O2. The Labute approximate surface area is 138 Å². The SMILES string of the molecule is Cc1ccc(NC(=O)C(=O)Nc2c(Cl)cccc2Cl)cc1C. The van der Waals surface area contributed by atoms with E-state index in [1.54, 1.807) is 30.3 Å². The van der Waals surface area contributed by atoms with E-state index >= 15 is 0 Å². The topological polar surface area (TPSA) is 58.2 Å². The van der Waals surface area contributed by atoms with Gasteiger partial charge in [0.05, 0.1) is 15.7 Å². The third-order valence-electron chi connectivity index (χ3n) is 3.17. The van der Waals surface area contributed by atoms with Gasteiger partial charge in [0.15, 0.2) is 0 Å². The van der Waals surface area contributed by atoms with Gasteiger partial charge in [-0.1, -0.05) is 35.3 Å². The fourth-order valence-corrected chi connectivity index (χ4v) is 2.29. The van der Waals surface area contributed by atoms with Gasteiger partial charge in [0.1, 0.15) is 0 Å². The van der Waals surface area contributed by atoms with Crippen LogP contribution in [0.4, 0.5) is 11.4 Å². The number of anilines is 2. The molecule has 0 saturated heterocycles. The summed E-state index contributed by atoms with van der Waals surface area (Å²) in [4.78, 5) is 23.9. The molecule has 0 fully saturated rings. The first-order valence-electron chi connectivity index (χ1n) is 6.52. The van der Waals surface area contributed by atoms with E-state index in [-0.39, 0.29) is 15.7 Å². The maximum Gasteiger partial charge on any atom is 0.314 e. The molecule has 0 heterocycles. The molecule has 6 heteroatoms. The number of para-hydroxylation sites is 1. The highest BCUT2D eigenvalue weighted by Gasteiger charge is 2.17. The van der Waals surface area contributed by atoms with Crippen LogP contribution >= 0.6 is 23.2 Å². The third kappa shape index (κ3) is 3.78. The van der Waals surface area contributed by atoms with Gasteiger partial charge in [-0.3, -0.25) is 9.59 Å². The monoisotopic (exact) mass is 336 g/mol. The minimum absolute atomic E-state index is 0.214. The van der Waals surface area contributed by atoms with E-state index < -0.39 is 11.8 Å². The van der Waals surface area contributed by atoms with Crippen LogP contribution in [0.3, 0.4) is 0 Å². The normalized spacial score (nSPS) is 10.2. The Morgan fingerprint density at radius 1 is 0.864 bits per heavy atom. The Morgan fingerprint density at radius 2 is 1.45 bits per heavy atom. The number of rotatable bonds is 2. The lowest BCUT2D eigenvalue weighted by Gasteiger charge is -2.10. The quantitative estimate of drug-likeness (QED) is 0.808. The van der Waals surface area contributed by atoms with Crippen molar-refractivity contribution in [1.29, 1.82) is 0 Å². The van der Waals surface area contributed by atoms with E-state index in [2.05, 4.69) is 10.6 Å². The fourth-order valence-electron chi connectivity index (χ4n) is 1.79. The number of benzene rings is 2. The summed E-state index contributed by atoms with van der Waals surface area (Å²) in [5.41, 5.74) is 2.89. The molecule has 2 N–H and O–H groups in total. The standard InChI is InChI=1S/C16H14Cl2N2O2/c1-9-6-7-11(8-10(9)2)19-15(21)16(22)20-14-12(17)4-3-5-13(14)18/h3-8H,1-2H3,(H,19,21)(H,20,22). The molecule has 0 radical (unpaired) electrons. The summed E-state index contributed by atoms with van der Waals surface area (Å²) >= 11 is 11.9. The van der Waals surface area contributed by atoms with Gasteiger partial charge in [-0.15, -0.1) is 0 Å². The van der Waals surface area contributed by atoms with Crippen molar-refractivity contribution in [3.8, 4) is 0 Å². The molecule has 0 atom stereocenters. The Kier molecular flexibility index (Phi) is 5.06. The van der Waals surface area contributed by atoms with Crippen molar-refractivity contribution in [1.82, 2.24) is 0 Å². The molecule has 0 unspecified atom stereocenters. The van der Waals surface area contributed by atoms with Gasteiger partial charge in [0.25, 0.3) is 0 Å². The lowest BCUT2D eigenvalue weighted by molar-refractivity contribution is -0.132. The maximum atomic E-state index is 11.9. The molecule has 114 valence electrons. The van der Waals surface area contributed by atoms with Gasteiger partial charge in [-0.2, -0.15) is 0 Å². The maximum absolute atomic E-state index is 11.9. The number of carbonyl (C=O) groups excluding carboxylic acids is 2. The summed E-state index contributed by atoms with van der Waals surface area (Å²) in [7, 11) is 0. The summed E-state index contributed by atoms with van der Waals surface area (Å²) < 4.78 is 0. The van der Waals surface area contributed by atoms with Crippen LogP contribution in [-0.4, -0.2) is 11.8 Å². The summed E-state index contributed by atoms with van der Waals surface area (Å²) in [6, 6.07) is 10.2. The highest BCUT2D eigenvalue weighted by atomic mass is 35.5. The predicted molar refractivity (Wildman–Crippen MR) is 89.6 cm³/mol. The molecule has 0 aromatic heterocycles. The minimum atomic E-state index is -0.840. The Bertz CT molecular complexity index is 725. The van der Waals surface area contributed by atoms with Crippen molar-refractivity contribution < 1.29 is 9.59 Å². The molecule has 2 rings (SSSR count). The van der Waals surface area contributed by atoms with E-state index in [1.165, 1.54) is 0 Å². The van der Waals surface area contributed by atoms with Crippen LogP contribution < -0.4 is 10.6 Å². The smallest absolute Gasteiger partial charge is 0.314 e. The van der Waals surface area contributed by atoms with Crippen LogP contribution in [-0.2, 0) is 9.59 Å². The number of hydrogen-bond acceptors (Lipinski definition) is 2. The number of amides is 2. The molecule has 0 aliphatic carbocycles. The molecule has 0 spiro atoms. The van der Waals surface area contributed by atoms with E-state index in [1.807, 2.05) is 19.9 Å². The summed E-state index contributed by atoms with van der Waals surface area (Å²) in [5.74, 6) is -1.63. The van der Waals surface area contributed by atoms with Crippen LogP contribution in [0.2, 0.25) is 10.0 Å². The lowest BCUT2D eigenvalue weighted by Crippen LogP contribution is -2.29. The zero-order chi connectivity index (χ0) is 16.3. The summed E-state index contributed by atoms with van der Waals surface area (Å²) in [6.07, 6.45) is 0. The van der Waals surface area contributed by atoms with Gasteiger partial charge in [0.2, 0.25) is 0 Å². The van der Waals surface area contributed by atoms with Crippen molar-refractivity contribution in [2.45, 2.75) is 13.8 Å². The van der Waals surface area contributed by atoms with Crippen LogP contribution in [0.15, 0.2) is 36.4 Å². The van der Waals surface area contributed by atoms with Crippen molar-refractivity contribution in [2.75, 3.05) is 10.6 Å². The zero-order valence-corrected chi connectivity index (χ0v) is 13.5. The first kappa shape index (κ1) is 16.3. The van der Waals surface area contributed by atoms with E-state index in [9.17, 15) is 9.59 Å². The largest absolute Gasteiger partial charge is 0.318 e. The van der Waals surface area contributed by atoms with Crippen molar-refractivity contribution in [2.24, 2.45) is 0 Å². The minimum Gasteiger partial charge on any atom is -0.318 e. The van der Waals surface area contributed by atoms with E-state index in [4.69, 9.17) is 23.2 Å². The molecule has 0 bridgehead atoms. The molecule has 2 aromatic carbocycles. The first-order chi connectivity index (χ1) is 10.4. The number of carbonyl (C=O) groups is 2. The molecule has 0 aliphatic heterocycles. The number of hydrogen-bond donors (Lipinski definition) is 2. The molecule has 0 aliphatic rings. The van der Waals surface area contributed by atoms with Gasteiger partial charge < -0.3 is 10.6 Å². The van der Waals surface area contributed by atoms with E-state index in [0.29, 0.717) is 5.69 Å². The summed E-state index contributed by atoms with van der Waals surface area (Å²) in [5, 5.41) is 5.47. The van der Waals surface area contributed by atoms with Gasteiger partial charge in [-0.05, 0) is 49.2 Å². The van der Waals surface area contributed by atoms with Gasteiger partial charge >= 0.3 is 11.8 Å². The van der Waals surface area contributed by atoms with Crippen LogP contribution in [0.1, 0.15) is 11.1 Å². The number of aryl methyl sites for hydroxylation is 2. The highest BCUT2D eigenvalue weighted by molar-refractivity contribution is 6.46. The predicted octanol–water partition coefficient (Wildman–Crippen LogP) is 4.19. The van der Waals surface area contributed by atoms with Gasteiger partial charge in [0, 0.05) is 5.69 Å². The van der Waals surface area contributed by atoms with Crippen molar-refractivity contribution in [3.63, 3.8) is 0 Å². The Balaban J connectivity index is 2.09. The number of halogens is 2. The molecule has 0 saturated carbocycles. The van der Waals surface area contributed by atoms with Gasteiger partial charge in [-0.25, -0.2) is 0 Å². The molecule has 2 amide bonds. The van der Waals surface area contributed by atoms with Crippen LogP contribution in [0.5, 0.6) is 0 Å². The molecule has 22 heavy (non-hydrogen) atoms. The van der Waals surface area contributed by atoms with Crippen LogP contribution in [0.25, 0.3) is 0 Å².